The average Bonchev–Trinajstić information content (AvgIpc) is 2.65. The van der Waals surface area contributed by atoms with Crippen molar-refractivity contribution in [2.45, 2.75) is 12.8 Å². The van der Waals surface area contributed by atoms with Crippen molar-refractivity contribution in [1.82, 2.24) is 0 Å². The van der Waals surface area contributed by atoms with Crippen LogP contribution in [-0.2, 0) is 4.74 Å². The van der Waals surface area contributed by atoms with E-state index in [2.05, 4.69) is 0 Å². The van der Waals surface area contributed by atoms with Crippen LogP contribution in [0.4, 0.5) is 0 Å². The van der Waals surface area contributed by atoms with E-state index < -0.39 is 0 Å². The van der Waals surface area contributed by atoms with Gasteiger partial charge >= 0.3 is 0 Å². The second-order valence-corrected chi connectivity index (χ2v) is 4.67. The Morgan fingerprint density at radius 3 is 2.79 bits per heavy atom. The Hall–Kier alpha value is -0.380. The molecule has 1 aromatic heterocycles. The van der Waals surface area contributed by atoms with Crippen molar-refractivity contribution in [1.29, 1.82) is 0 Å². The van der Waals surface area contributed by atoms with Crippen molar-refractivity contribution in [2.24, 2.45) is 5.92 Å². The third-order valence-electron chi connectivity index (χ3n) is 2.43. The summed E-state index contributed by atoms with van der Waals surface area (Å²) < 4.78 is 5.22. The van der Waals surface area contributed by atoms with Gasteiger partial charge in [0.1, 0.15) is 0 Å². The van der Waals surface area contributed by atoms with Crippen molar-refractivity contribution in [3.8, 4) is 0 Å². The summed E-state index contributed by atoms with van der Waals surface area (Å²) in [5.41, 5.74) is 0. The topological polar surface area (TPSA) is 26.3 Å². The quantitative estimate of drug-likeness (QED) is 0.731. The largest absolute Gasteiger partial charge is 0.381 e. The summed E-state index contributed by atoms with van der Waals surface area (Å²) in [6, 6.07) is 1.78. The molecule has 0 aromatic carbocycles. The molecular formula is C10H11ClO2S. The lowest BCUT2D eigenvalue weighted by atomic mass is 9.94. The third kappa shape index (κ3) is 2.00. The zero-order valence-electron chi connectivity index (χ0n) is 7.66. The van der Waals surface area contributed by atoms with Gasteiger partial charge in [0.15, 0.2) is 5.78 Å². The van der Waals surface area contributed by atoms with Crippen LogP contribution in [0.25, 0.3) is 0 Å². The summed E-state index contributed by atoms with van der Waals surface area (Å²) in [6.45, 7) is 1.39. The minimum atomic E-state index is 0.111. The van der Waals surface area contributed by atoms with Crippen LogP contribution in [0.1, 0.15) is 22.5 Å². The van der Waals surface area contributed by atoms with E-state index in [4.69, 9.17) is 16.3 Å². The van der Waals surface area contributed by atoms with Crippen LogP contribution in [-0.4, -0.2) is 19.0 Å². The van der Waals surface area contributed by atoms with Gasteiger partial charge in [0.2, 0.25) is 0 Å². The standard InChI is InChI=1S/C10H11ClO2S/c11-8-3-6-14-10(8)9(12)7-1-4-13-5-2-7/h3,6-7H,1-2,4-5H2. The highest BCUT2D eigenvalue weighted by molar-refractivity contribution is 7.12. The second kappa shape index (κ2) is 4.43. The number of carbonyl (C=O) groups excluding carboxylic acids is 1. The van der Waals surface area contributed by atoms with Crippen LogP contribution in [0, 0.1) is 5.92 Å². The smallest absolute Gasteiger partial charge is 0.177 e. The summed E-state index contributed by atoms with van der Waals surface area (Å²) in [5.74, 6) is 0.299. The number of thiophene rings is 1. The van der Waals surface area contributed by atoms with E-state index in [0.29, 0.717) is 23.1 Å². The molecule has 2 nitrogen and oxygen atoms in total. The molecule has 1 aliphatic rings. The van der Waals surface area contributed by atoms with E-state index in [1.54, 1.807) is 6.07 Å². The van der Waals surface area contributed by atoms with Crippen LogP contribution in [0.2, 0.25) is 5.02 Å². The van der Waals surface area contributed by atoms with Gasteiger partial charge in [-0.1, -0.05) is 11.6 Å². The molecule has 0 saturated carbocycles. The summed E-state index contributed by atoms with van der Waals surface area (Å²) in [6.07, 6.45) is 1.65. The molecule has 0 unspecified atom stereocenters. The molecule has 0 bridgehead atoms. The molecular weight excluding hydrogens is 220 g/mol. The number of hydrogen-bond donors (Lipinski definition) is 0. The number of hydrogen-bond acceptors (Lipinski definition) is 3. The molecule has 2 rings (SSSR count). The molecule has 14 heavy (non-hydrogen) atoms. The molecule has 0 spiro atoms. The van der Waals surface area contributed by atoms with Gasteiger partial charge in [0, 0.05) is 19.1 Å². The summed E-state index contributed by atoms with van der Waals surface area (Å²) >= 11 is 7.34. The van der Waals surface area contributed by atoms with Crippen LogP contribution in [0.3, 0.4) is 0 Å². The number of ether oxygens (including phenoxy) is 1. The van der Waals surface area contributed by atoms with Crippen molar-refractivity contribution >= 4 is 28.7 Å². The zero-order chi connectivity index (χ0) is 9.97. The molecule has 1 saturated heterocycles. The maximum Gasteiger partial charge on any atom is 0.177 e. The monoisotopic (exact) mass is 230 g/mol. The van der Waals surface area contributed by atoms with Crippen LogP contribution >= 0.6 is 22.9 Å². The highest BCUT2D eigenvalue weighted by Crippen LogP contribution is 2.28. The van der Waals surface area contributed by atoms with Gasteiger partial charge in [-0.3, -0.25) is 4.79 Å². The Balaban J connectivity index is 2.11. The Labute approximate surface area is 91.8 Å². The molecule has 1 fully saturated rings. The Bertz CT molecular complexity index is 329. The molecule has 0 amide bonds. The predicted octanol–water partition coefficient (Wildman–Crippen LogP) is 3.01. The Kier molecular flexibility index (Phi) is 3.21. The third-order valence-corrected chi connectivity index (χ3v) is 3.79. The fraction of sp³-hybridized carbons (Fsp3) is 0.500. The molecule has 76 valence electrons. The lowest BCUT2D eigenvalue weighted by Gasteiger charge is -2.20. The number of rotatable bonds is 2. The molecule has 0 aliphatic carbocycles. The second-order valence-electron chi connectivity index (χ2n) is 3.35. The van der Waals surface area contributed by atoms with Gasteiger partial charge in [-0.2, -0.15) is 0 Å². The van der Waals surface area contributed by atoms with Gasteiger partial charge < -0.3 is 4.74 Å². The fourth-order valence-electron chi connectivity index (χ4n) is 1.61. The highest BCUT2D eigenvalue weighted by Gasteiger charge is 2.24. The molecule has 0 N–H and O–H groups in total. The van der Waals surface area contributed by atoms with E-state index in [-0.39, 0.29) is 11.7 Å². The van der Waals surface area contributed by atoms with Crippen molar-refractivity contribution in [3.63, 3.8) is 0 Å². The average molecular weight is 231 g/mol. The highest BCUT2D eigenvalue weighted by atomic mass is 35.5. The summed E-state index contributed by atoms with van der Waals surface area (Å²) in [5, 5.41) is 2.45. The normalized spacial score (nSPS) is 18.4. The summed E-state index contributed by atoms with van der Waals surface area (Å²) in [7, 11) is 0. The van der Waals surface area contributed by atoms with Gasteiger partial charge in [-0.05, 0) is 24.3 Å². The lowest BCUT2D eigenvalue weighted by Crippen LogP contribution is -2.23. The molecule has 4 heteroatoms. The first kappa shape index (κ1) is 10.1. The molecule has 1 aliphatic heterocycles. The van der Waals surface area contributed by atoms with Crippen LogP contribution in [0.15, 0.2) is 11.4 Å². The lowest BCUT2D eigenvalue weighted by molar-refractivity contribution is 0.0547. The predicted molar refractivity (Wildman–Crippen MR) is 57.2 cm³/mol. The molecule has 2 heterocycles. The fourth-order valence-corrected chi connectivity index (χ4v) is 2.78. The molecule has 1 aromatic rings. The maximum absolute atomic E-state index is 12.0. The van der Waals surface area contributed by atoms with E-state index in [0.717, 1.165) is 12.8 Å². The van der Waals surface area contributed by atoms with Gasteiger partial charge in [-0.25, -0.2) is 0 Å². The Morgan fingerprint density at radius 2 is 2.21 bits per heavy atom. The van der Waals surface area contributed by atoms with Crippen LogP contribution in [0.5, 0.6) is 0 Å². The Morgan fingerprint density at radius 1 is 1.50 bits per heavy atom. The number of halogens is 1. The van der Waals surface area contributed by atoms with Crippen molar-refractivity contribution in [2.75, 3.05) is 13.2 Å². The van der Waals surface area contributed by atoms with Gasteiger partial charge in [0.25, 0.3) is 0 Å². The first-order valence-electron chi connectivity index (χ1n) is 4.64. The minimum absolute atomic E-state index is 0.111. The molecule has 0 atom stereocenters. The van der Waals surface area contributed by atoms with Crippen molar-refractivity contribution < 1.29 is 9.53 Å². The first-order valence-corrected chi connectivity index (χ1v) is 5.90. The first-order chi connectivity index (χ1) is 6.79. The van der Waals surface area contributed by atoms with Crippen LogP contribution < -0.4 is 0 Å². The number of Topliss-reactive ketones (excluding diaryl/α,β-unsaturated/α-hetero) is 1. The van der Waals surface area contributed by atoms with Crippen molar-refractivity contribution in [3.05, 3.63) is 21.3 Å². The minimum Gasteiger partial charge on any atom is -0.381 e. The van der Waals surface area contributed by atoms with Gasteiger partial charge in [-0.15, -0.1) is 11.3 Å². The SMILES string of the molecule is O=C(c1sccc1Cl)C1CCOCC1. The molecule has 0 radical (unpaired) electrons. The van der Waals surface area contributed by atoms with E-state index in [1.165, 1.54) is 11.3 Å². The summed E-state index contributed by atoms with van der Waals surface area (Å²) in [4.78, 5) is 12.7. The maximum atomic E-state index is 12.0. The number of ketones is 1. The van der Waals surface area contributed by atoms with E-state index >= 15 is 0 Å². The van der Waals surface area contributed by atoms with E-state index in [1.807, 2.05) is 5.38 Å². The zero-order valence-corrected chi connectivity index (χ0v) is 9.24. The van der Waals surface area contributed by atoms with Gasteiger partial charge in [0.05, 0.1) is 9.90 Å². The number of carbonyl (C=O) groups is 1. The van der Waals surface area contributed by atoms with E-state index in [9.17, 15) is 4.79 Å².